The van der Waals surface area contributed by atoms with Crippen LogP contribution in [0.2, 0.25) is 0 Å². The van der Waals surface area contributed by atoms with Crippen molar-refractivity contribution in [3.8, 4) is 0 Å². The van der Waals surface area contributed by atoms with Crippen molar-refractivity contribution >= 4 is 17.4 Å². The third-order valence-electron chi connectivity index (χ3n) is 3.63. The molecule has 1 aromatic rings. The molecule has 0 aromatic carbocycles. The molecule has 1 saturated carbocycles. The summed E-state index contributed by atoms with van der Waals surface area (Å²) in [4.78, 5) is 15.3. The molecular formula is C13H20N4O. The molecule has 0 bridgehead atoms. The highest BCUT2D eigenvalue weighted by atomic mass is 16.1. The second-order valence-electron chi connectivity index (χ2n) is 5.02. The molecule has 5 nitrogen and oxygen atoms in total. The van der Waals surface area contributed by atoms with Crippen molar-refractivity contribution in [2.45, 2.75) is 38.6 Å². The third kappa shape index (κ3) is 2.91. The second-order valence-corrected chi connectivity index (χ2v) is 5.02. The SMILES string of the molecule is Cc1cc(NC2CCC(C(N)=O)CC2)ncc1N. The standard InChI is InChI=1S/C13H20N4O/c1-8-6-12(16-7-11(8)14)17-10-4-2-9(3-5-10)13(15)18/h6-7,9-10H,2-5,14H2,1H3,(H2,15,18)(H,16,17). The Hall–Kier alpha value is -1.78. The van der Waals surface area contributed by atoms with E-state index in [1.165, 1.54) is 0 Å². The van der Waals surface area contributed by atoms with Crippen LogP contribution in [0.3, 0.4) is 0 Å². The lowest BCUT2D eigenvalue weighted by Crippen LogP contribution is -2.32. The zero-order chi connectivity index (χ0) is 13.1. The molecular weight excluding hydrogens is 228 g/mol. The number of rotatable bonds is 3. The summed E-state index contributed by atoms with van der Waals surface area (Å²) in [5.41, 5.74) is 12.8. The van der Waals surface area contributed by atoms with Crippen LogP contribution < -0.4 is 16.8 Å². The molecule has 1 aromatic heterocycles. The van der Waals surface area contributed by atoms with Crippen LogP contribution in [0.25, 0.3) is 0 Å². The van der Waals surface area contributed by atoms with E-state index in [1.807, 2.05) is 13.0 Å². The molecule has 5 heteroatoms. The van der Waals surface area contributed by atoms with E-state index in [-0.39, 0.29) is 11.8 Å². The number of aromatic nitrogens is 1. The normalized spacial score (nSPS) is 23.6. The number of aryl methyl sites for hydroxylation is 1. The van der Waals surface area contributed by atoms with Gasteiger partial charge in [-0.15, -0.1) is 0 Å². The van der Waals surface area contributed by atoms with Gasteiger partial charge in [-0.3, -0.25) is 4.79 Å². The number of nitrogens with two attached hydrogens (primary N) is 2. The minimum absolute atomic E-state index is 0.0455. The lowest BCUT2D eigenvalue weighted by molar-refractivity contribution is -0.122. The Labute approximate surface area is 107 Å². The van der Waals surface area contributed by atoms with Gasteiger partial charge in [-0.05, 0) is 44.2 Å². The maximum absolute atomic E-state index is 11.1. The highest BCUT2D eigenvalue weighted by Gasteiger charge is 2.24. The number of primary amides is 1. The van der Waals surface area contributed by atoms with Gasteiger partial charge in [-0.2, -0.15) is 0 Å². The number of nitrogens with one attached hydrogen (secondary N) is 1. The van der Waals surface area contributed by atoms with Crippen molar-refractivity contribution in [2.24, 2.45) is 11.7 Å². The monoisotopic (exact) mass is 248 g/mol. The first-order valence-corrected chi connectivity index (χ1v) is 6.34. The predicted molar refractivity (Wildman–Crippen MR) is 71.9 cm³/mol. The van der Waals surface area contributed by atoms with Gasteiger partial charge in [0.2, 0.25) is 5.91 Å². The predicted octanol–water partition coefficient (Wildman–Crippen LogP) is 1.43. The zero-order valence-corrected chi connectivity index (χ0v) is 10.6. The maximum Gasteiger partial charge on any atom is 0.220 e. The summed E-state index contributed by atoms with van der Waals surface area (Å²) >= 11 is 0. The summed E-state index contributed by atoms with van der Waals surface area (Å²) in [6.07, 6.45) is 5.31. The van der Waals surface area contributed by atoms with Gasteiger partial charge >= 0.3 is 0 Å². The van der Waals surface area contributed by atoms with Crippen LogP contribution in [0.1, 0.15) is 31.2 Å². The first-order chi connectivity index (χ1) is 8.56. The van der Waals surface area contributed by atoms with Crippen LogP contribution in [-0.4, -0.2) is 16.9 Å². The van der Waals surface area contributed by atoms with Crippen LogP contribution in [0.5, 0.6) is 0 Å². The molecule has 0 saturated heterocycles. The van der Waals surface area contributed by atoms with Crippen molar-refractivity contribution in [1.29, 1.82) is 0 Å². The Bertz CT molecular complexity index is 439. The van der Waals surface area contributed by atoms with Crippen molar-refractivity contribution in [1.82, 2.24) is 4.98 Å². The first kappa shape index (κ1) is 12.7. The van der Waals surface area contributed by atoms with Crippen LogP contribution in [-0.2, 0) is 4.79 Å². The number of anilines is 2. The number of carbonyl (C=O) groups is 1. The summed E-state index contributed by atoms with van der Waals surface area (Å²) in [7, 11) is 0. The summed E-state index contributed by atoms with van der Waals surface area (Å²) in [6.45, 7) is 1.96. The fourth-order valence-corrected chi connectivity index (χ4v) is 2.38. The molecule has 1 heterocycles. The van der Waals surface area contributed by atoms with E-state index in [0.29, 0.717) is 11.7 Å². The number of hydrogen-bond acceptors (Lipinski definition) is 4. The minimum Gasteiger partial charge on any atom is -0.397 e. The van der Waals surface area contributed by atoms with Gasteiger partial charge in [0.25, 0.3) is 0 Å². The number of pyridine rings is 1. The first-order valence-electron chi connectivity index (χ1n) is 6.34. The average molecular weight is 248 g/mol. The van der Waals surface area contributed by atoms with E-state index in [0.717, 1.165) is 37.1 Å². The molecule has 0 spiro atoms. The number of amides is 1. The maximum atomic E-state index is 11.1. The third-order valence-corrected chi connectivity index (χ3v) is 3.63. The van der Waals surface area contributed by atoms with Crippen LogP contribution in [0.15, 0.2) is 12.3 Å². The molecule has 1 aliphatic rings. The molecule has 2 rings (SSSR count). The van der Waals surface area contributed by atoms with Crippen molar-refractivity contribution in [2.75, 3.05) is 11.1 Å². The van der Waals surface area contributed by atoms with E-state index in [4.69, 9.17) is 11.5 Å². The minimum atomic E-state index is -0.171. The molecule has 0 atom stereocenters. The van der Waals surface area contributed by atoms with Gasteiger partial charge in [0.05, 0.1) is 11.9 Å². The molecule has 0 aliphatic heterocycles. The van der Waals surface area contributed by atoms with Crippen molar-refractivity contribution < 1.29 is 4.79 Å². The van der Waals surface area contributed by atoms with E-state index >= 15 is 0 Å². The molecule has 0 unspecified atom stereocenters. The van der Waals surface area contributed by atoms with E-state index < -0.39 is 0 Å². The smallest absolute Gasteiger partial charge is 0.220 e. The number of carbonyl (C=O) groups excluding carboxylic acids is 1. The Morgan fingerprint density at radius 3 is 2.61 bits per heavy atom. The van der Waals surface area contributed by atoms with Crippen LogP contribution in [0, 0.1) is 12.8 Å². The quantitative estimate of drug-likeness (QED) is 0.754. The molecule has 98 valence electrons. The topological polar surface area (TPSA) is 94.0 Å². The average Bonchev–Trinajstić information content (AvgIpc) is 2.34. The van der Waals surface area contributed by atoms with E-state index in [9.17, 15) is 4.79 Å². The van der Waals surface area contributed by atoms with Gasteiger partial charge < -0.3 is 16.8 Å². The van der Waals surface area contributed by atoms with Gasteiger partial charge in [0.15, 0.2) is 0 Å². The van der Waals surface area contributed by atoms with Crippen molar-refractivity contribution in [3.05, 3.63) is 17.8 Å². The number of nitrogen functional groups attached to an aromatic ring is 1. The summed E-state index contributed by atoms with van der Waals surface area (Å²) < 4.78 is 0. The summed E-state index contributed by atoms with van der Waals surface area (Å²) in [6, 6.07) is 2.33. The van der Waals surface area contributed by atoms with Gasteiger partial charge in [0, 0.05) is 12.0 Å². The highest BCUT2D eigenvalue weighted by Crippen LogP contribution is 2.26. The lowest BCUT2D eigenvalue weighted by Gasteiger charge is -2.27. The van der Waals surface area contributed by atoms with Gasteiger partial charge in [0.1, 0.15) is 5.82 Å². The van der Waals surface area contributed by atoms with Gasteiger partial charge in [-0.25, -0.2) is 4.98 Å². The molecule has 1 aliphatic carbocycles. The van der Waals surface area contributed by atoms with E-state index in [1.54, 1.807) is 6.20 Å². The Kier molecular flexibility index (Phi) is 3.69. The van der Waals surface area contributed by atoms with E-state index in [2.05, 4.69) is 10.3 Å². The summed E-state index contributed by atoms with van der Waals surface area (Å²) in [5.74, 6) is 0.725. The van der Waals surface area contributed by atoms with Crippen molar-refractivity contribution in [3.63, 3.8) is 0 Å². The Morgan fingerprint density at radius 1 is 1.39 bits per heavy atom. The molecule has 5 N–H and O–H groups in total. The number of nitrogens with zero attached hydrogens (tertiary/aromatic N) is 1. The van der Waals surface area contributed by atoms with Gasteiger partial charge in [-0.1, -0.05) is 0 Å². The summed E-state index contributed by atoms with van der Waals surface area (Å²) in [5, 5.41) is 3.39. The largest absolute Gasteiger partial charge is 0.397 e. The highest BCUT2D eigenvalue weighted by molar-refractivity contribution is 5.76. The molecule has 0 radical (unpaired) electrons. The van der Waals surface area contributed by atoms with Crippen LogP contribution in [0.4, 0.5) is 11.5 Å². The lowest BCUT2D eigenvalue weighted by atomic mass is 9.85. The molecule has 1 amide bonds. The molecule has 1 fully saturated rings. The fourth-order valence-electron chi connectivity index (χ4n) is 2.38. The Balaban J connectivity index is 1.91. The number of hydrogen-bond donors (Lipinski definition) is 3. The molecule has 18 heavy (non-hydrogen) atoms. The fraction of sp³-hybridized carbons (Fsp3) is 0.538. The van der Waals surface area contributed by atoms with Crippen LogP contribution >= 0.6 is 0 Å². The second kappa shape index (κ2) is 5.25. The Morgan fingerprint density at radius 2 is 2.06 bits per heavy atom. The zero-order valence-electron chi connectivity index (χ0n) is 10.6.